The minimum absolute atomic E-state index is 0.240. The Morgan fingerprint density at radius 3 is 2.50 bits per heavy atom. The largest absolute Gasteiger partial charge is 0.424 e. The van der Waals surface area contributed by atoms with Gasteiger partial charge in [-0.15, -0.1) is 4.73 Å². The molecule has 0 fully saturated rings. The summed E-state index contributed by atoms with van der Waals surface area (Å²) in [5, 5.41) is 18.8. The van der Waals surface area contributed by atoms with Crippen LogP contribution in [0.3, 0.4) is 0 Å². The molecule has 0 unspecified atom stereocenters. The van der Waals surface area contributed by atoms with Crippen molar-refractivity contribution in [3.8, 4) is 0 Å². The van der Waals surface area contributed by atoms with Crippen LogP contribution in [0, 0.1) is 0 Å². The van der Waals surface area contributed by atoms with Gasteiger partial charge in [-0.25, -0.2) is 4.79 Å². The first-order valence-electron chi connectivity index (χ1n) is 4.97. The maximum absolute atomic E-state index is 11.8. The molecular formula is C11H9N3O4. The summed E-state index contributed by atoms with van der Waals surface area (Å²) in [6.45, 7) is 0. The summed E-state index contributed by atoms with van der Waals surface area (Å²) in [5.41, 5.74) is -0.748. The van der Waals surface area contributed by atoms with Gasteiger partial charge < -0.3 is 5.21 Å². The van der Waals surface area contributed by atoms with E-state index in [1.807, 2.05) is 0 Å². The lowest BCUT2D eigenvalue weighted by Crippen LogP contribution is -2.31. The van der Waals surface area contributed by atoms with E-state index in [4.69, 9.17) is 5.21 Å². The van der Waals surface area contributed by atoms with E-state index in [1.54, 1.807) is 18.2 Å². The molecule has 7 nitrogen and oxygen atoms in total. The van der Waals surface area contributed by atoms with Crippen molar-refractivity contribution in [2.45, 2.75) is 0 Å². The highest BCUT2D eigenvalue weighted by Crippen LogP contribution is 2.10. The topological polar surface area (TPSA) is 95.7 Å². The fourth-order valence-corrected chi connectivity index (χ4v) is 1.31. The zero-order valence-electron chi connectivity index (χ0n) is 9.09. The van der Waals surface area contributed by atoms with E-state index in [1.165, 1.54) is 12.1 Å². The van der Waals surface area contributed by atoms with Crippen LogP contribution >= 0.6 is 0 Å². The number of carbonyl (C=O) groups excluding carboxylic acids is 1. The van der Waals surface area contributed by atoms with Crippen molar-refractivity contribution < 1.29 is 15.2 Å². The lowest BCUT2D eigenvalue weighted by atomic mass is 10.2. The molecule has 1 amide bonds. The quantitative estimate of drug-likeness (QED) is 0.458. The molecule has 18 heavy (non-hydrogen) atoms. The van der Waals surface area contributed by atoms with Crippen LogP contribution in [0.25, 0.3) is 0 Å². The minimum atomic E-state index is -0.993. The van der Waals surface area contributed by atoms with Gasteiger partial charge in [0, 0.05) is 11.6 Å². The van der Waals surface area contributed by atoms with Crippen molar-refractivity contribution in [2.75, 3.05) is 5.06 Å². The molecule has 0 aliphatic rings. The minimum Gasteiger partial charge on any atom is -0.424 e. The average molecular weight is 247 g/mol. The molecule has 0 spiro atoms. The third-order valence-electron chi connectivity index (χ3n) is 2.20. The summed E-state index contributed by atoms with van der Waals surface area (Å²) in [6.07, 6.45) is 0.978. The van der Waals surface area contributed by atoms with Gasteiger partial charge >= 0.3 is 5.69 Å². The molecule has 0 saturated carbocycles. The Morgan fingerprint density at radius 1 is 1.22 bits per heavy atom. The fraction of sp³-hybridized carbons (Fsp3) is 0. The van der Waals surface area contributed by atoms with E-state index < -0.39 is 11.6 Å². The smallest absolute Gasteiger partial charge is 0.382 e. The monoisotopic (exact) mass is 247 g/mol. The second-order valence-corrected chi connectivity index (χ2v) is 3.40. The zero-order valence-corrected chi connectivity index (χ0v) is 9.09. The van der Waals surface area contributed by atoms with Crippen LogP contribution < -0.4 is 10.8 Å². The Labute approximate surface area is 101 Å². The molecule has 2 rings (SSSR count). The molecule has 0 saturated heterocycles. The molecule has 0 aliphatic carbocycles. The van der Waals surface area contributed by atoms with E-state index in [9.17, 15) is 14.8 Å². The Hall–Kier alpha value is -2.67. The standard InChI is InChI=1S/C11H9N3O4/c15-10(8-4-2-1-3-5-8)14(18)9-6-7-13(17)11(16)12-9/h1-7,17-18H. The van der Waals surface area contributed by atoms with Gasteiger partial charge in [-0.05, 0) is 12.1 Å². The SMILES string of the molecule is O=C(c1ccccc1)N(O)c1ccn(O)c(=O)n1. The van der Waals surface area contributed by atoms with Crippen LogP contribution in [-0.2, 0) is 0 Å². The summed E-state index contributed by atoms with van der Waals surface area (Å²) in [6, 6.07) is 9.16. The molecule has 92 valence electrons. The van der Waals surface area contributed by atoms with Crippen LogP contribution in [0.5, 0.6) is 0 Å². The van der Waals surface area contributed by atoms with Crippen molar-refractivity contribution in [2.24, 2.45) is 0 Å². The van der Waals surface area contributed by atoms with E-state index >= 15 is 0 Å². The number of rotatable bonds is 2. The van der Waals surface area contributed by atoms with Crippen molar-refractivity contribution in [3.63, 3.8) is 0 Å². The Bertz CT molecular complexity index is 624. The summed E-state index contributed by atoms with van der Waals surface area (Å²) in [4.78, 5) is 26.2. The van der Waals surface area contributed by atoms with Gasteiger partial charge in [-0.2, -0.15) is 10.0 Å². The summed E-state index contributed by atoms with van der Waals surface area (Å²) < 4.78 is 0.240. The maximum Gasteiger partial charge on any atom is 0.382 e. The predicted molar refractivity (Wildman–Crippen MR) is 60.7 cm³/mol. The first kappa shape index (κ1) is 11.8. The van der Waals surface area contributed by atoms with Crippen molar-refractivity contribution in [3.05, 3.63) is 58.6 Å². The van der Waals surface area contributed by atoms with Gasteiger partial charge in [0.15, 0.2) is 5.82 Å². The number of hydroxylamine groups is 1. The molecule has 2 aromatic rings. The molecule has 1 aromatic heterocycles. The number of amides is 1. The first-order chi connectivity index (χ1) is 8.59. The summed E-state index contributed by atoms with van der Waals surface area (Å²) in [7, 11) is 0. The van der Waals surface area contributed by atoms with Gasteiger partial charge in [0.25, 0.3) is 5.91 Å². The number of anilines is 1. The van der Waals surface area contributed by atoms with Gasteiger partial charge in [-0.1, -0.05) is 18.2 Å². The van der Waals surface area contributed by atoms with Crippen LogP contribution in [-0.4, -0.2) is 26.0 Å². The van der Waals surface area contributed by atoms with E-state index in [2.05, 4.69) is 4.98 Å². The van der Waals surface area contributed by atoms with Crippen LogP contribution in [0.2, 0.25) is 0 Å². The van der Waals surface area contributed by atoms with E-state index in [-0.39, 0.29) is 21.2 Å². The number of nitrogens with zero attached hydrogens (tertiary/aromatic N) is 3. The predicted octanol–water partition coefficient (Wildman–Crippen LogP) is 0.517. The number of hydrogen-bond acceptors (Lipinski definition) is 5. The number of hydrogen-bond donors (Lipinski definition) is 2. The van der Waals surface area contributed by atoms with E-state index in [0.717, 1.165) is 12.3 Å². The van der Waals surface area contributed by atoms with Crippen molar-refractivity contribution >= 4 is 11.7 Å². The molecule has 0 aliphatic heterocycles. The Balaban J connectivity index is 2.31. The zero-order chi connectivity index (χ0) is 13.1. The molecular weight excluding hydrogens is 238 g/mol. The van der Waals surface area contributed by atoms with Crippen LogP contribution in [0.4, 0.5) is 5.82 Å². The Kier molecular flexibility index (Phi) is 3.07. The van der Waals surface area contributed by atoms with Gasteiger partial charge in [0.1, 0.15) is 0 Å². The normalized spacial score (nSPS) is 10.1. The van der Waals surface area contributed by atoms with Gasteiger partial charge in [0.2, 0.25) is 0 Å². The van der Waals surface area contributed by atoms with Gasteiger partial charge in [-0.3, -0.25) is 10.0 Å². The fourth-order valence-electron chi connectivity index (χ4n) is 1.31. The lowest BCUT2D eigenvalue weighted by molar-refractivity contribution is 0.0849. The summed E-state index contributed by atoms with van der Waals surface area (Å²) in [5.74, 6) is -0.989. The molecule has 1 heterocycles. The molecule has 7 heteroatoms. The highest BCUT2D eigenvalue weighted by Gasteiger charge is 2.17. The molecule has 2 N–H and O–H groups in total. The third-order valence-corrected chi connectivity index (χ3v) is 2.20. The van der Waals surface area contributed by atoms with E-state index in [0.29, 0.717) is 0 Å². The van der Waals surface area contributed by atoms with Crippen molar-refractivity contribution in [1.29, 1.82) is 0 Å². The number of carbonyl (C=O) groups is 1. The average Bonchev–Trinajstić information content (AvgIpc) is 2.41. The Morgan fingerprint density at radius 2 is 1.89 bits per heavy atom. The number of benzene rings is 1. The summed E-state index contributed by atoms with van der Waals surface area (Å²) >= 11 is 0. The van der Waals surface area contributed by atoms with Crippen LogP contribution in [0.1, 0.15) is 10.4 Å². The molecule has 1 aromatic carbocycles. The van der Waals surface area contributed by atoms with Crippen LogP contribution in [0.15, 0.2) is 47.4 Å². The molecule has 0 radical (unpaired) electrons. The number of aromatic nitrogens is 2. The maximum atomic E-state index is 11.8. The first-order valence-corrected chi connectivity index (χ1v) is 4.97. The second kappa shape index (κ2) is 4.68. The highest BCUT2D eigenvalue weighted by atomic mass is 16.5. The molecule has 0 atom stereocenters. The lowest BCUT2D eigenvalue weighted by Gasteiger charge is -2.13. The molecule has 0 bridgehead atoms. The van der Waals surface area contributed by atoms with Gasteiger partial charge in [0.05, 0.1) is 6.20 Å². The second-order valence-electron chi connectivity index (χ2n) is 3.40. The van der Waals surface area contributed by atoms with Crippen molar-refractivity contribution in [1.82, 2.24) is 9.71 Å². The highest BCUT2D eigenvalue weighted by molar-refractivity contribution is 6.03. The third kappa shape index (κ3) is 2.20.